The van der Waals surface area contributed by atoms with Gasteiger partial charge in [-0.3, -0.25) is 14.5 Å². The Morgan fingerprint density at radius 2 is 1.71 bits per heavy atom. The molecule has 0 aromatic heterocycles. The molecule has 2 aliphatic rings. The fourth-order valence-electron chi connectivity index (χ4n) is 6.96. The van der Waals surface area contributed by atoms with Crippen LogP contribution in [0.3, 0.4) is 0 Å². The van der Waals surface area contributed by atoms with Gasteiger partial charge in [-0.15, -0.1) is 17.5 Å². The molecule has 2 amide bonds. The number of alkyl halides is 3. The van der Waals surface area contributed by atoms with Crippen molar-refractivity contribution in [2.24, 2.45) is 0 Å². The van der Waals surface area contributed by atoms with Crippen LogP contribution in [-0.4, -0.2) is 84.6 Å². The number of rotatable bonds is 10. The number of benzene rings is 4. The van der Waals surface area contributed by atoms with Gasteiger partial charge < -0.3 is 28.8 Å². The lowest BCUT2D eigenvalue weighted by atomic mass is 9.79. The molecule has 15 heteroatoms. The summed E-state index contributed by atoms with van der Waals surface area (Å²) in [6, 6.07) is 21.5. The second-order valence-electron chi connectivity index (χ2n) is 12.6. The van der Waals surface area contributed by atoms with Crippen LogP contribution in [0.2, 0.25) is 5.02 Å². The molecule has 4 atom stereocenters. The van der Waals surface area contributed by atoms with Gasteiger partial charge in [0.25, 0.3) is 5.91 Å². The molecule has 0 spiro atoms. The maximum absolute atomic E-state index is 15.6. The van der Waals surface area contributed by atoms with E-state index in [4.69, 9.17) is 21.1 Å². The van der Waals surface area contributed by atoms with Crippen molar-refractivity contribution in [3.63, 3.8) is 0 Å². The molecule has 1 N–H and O–H groups in total. The van der Waals surface area contributed by atoms with Crippen LogP contribution in [0, 0.1) is 0 Å². The standard InChI is InChI=1S/C37H35ClF3N3O7S/c1-42(2)34(46)30-19-25(45)21-43(30)36(28-17-23(10-14-31(28)50-4)16-22-8-6-5-7-9-22)27-18-24(38)11-13-29(27)44(35(36)47)52(48)33-15-12-26(49-3)20-32(33)51-37(39,40)41/h5-15,17-18,20,25,30,45H,16,19,21H2,1-4H3/t25-,30+,36?,52?/m1/s1. The monoisotopic (exact) mass is 757 g/mol. The summed E-state index contributed by atoms with van der Waals surface area (Å²) in [7, 11) is 5.76. The lowest BCUT2D eigenvalue weighted by Gasteiger charge is -2.42. The van der Waals surface area contributed by atoms with E-state index in [1.54, 1.807) is 31.1 Å². The Bertz CT molecular complexity index is 1990. The largest absolute Gasteiger partial charge is 0.587 e. The topological polar surface area (TPSA) is 115 Å². The van der Waals surface area contributed by atoms with Crippen LogP contribution in [0.4, 0.5) is 18.9 Å². The average molecular weight is 758 g/mol. The Kier molecular flexibility index (Phi) is 10.4. The third kappa shape index (κ3) is 6.76. The van der Waals surface area contributed by atoms with E-state index in [2.05, 4.69) is 4.74 Å². The number of likely N-dealkylation sites (tertiary alicyclic amines) is 1. The average Bonchev–Trinajstić information content (AvgIpc) is 3.61. The van der Waals surface area contributed by atoms with Crippen molar-refractivity contribution >= 4 is 40.5 Å². The van der Waals surface area contributed by atoms with Gasteiger partial charge in [0.05, 0.1) is 26.4 Å². The van der Waals surface area contributed by atoms with Gasteiger partial charge in [0, 0.05) is 48.9 Å². The van der Waals surface area contributed by atoms with E-state index in [9.17, 15) is 27.6 Å². The highest BCUT2D eigenvalue weighted by atomic mass is 35.5. The van der Waals surface area contributed by atoms with Gasteiger partial charge in [0.1, 0.15) is 28.5 Å². The second kappa shape index (κ2) is 14.5. The molecule has 2 unspecified atom stereocenters. The third-order valence-electron chi connectivity index (χ3n) is 9.13. The molecule has 1 fully saturated rings. The molecule has 4 aromatic rings. The number of nitrogens with zero attached hydrogens (tertiary/aromatic N) is 3. The summed E-state index contributed by atoms with van der Waals surface area (Å²) < 4.78 is 71.8. The van der Waals surface area contributed by atoms with Crippen LogP contribution in [0.15, 0.2) is 89.8 Å². The van der Waals surface area contributed by atoms with Crippen molar-refractivity contribution in [2.75, 3.05) is 39.2 Å². The predicted molar refractivity (Wildman–Crippen MR) is 188 cm³/mol. The van der Waals surface area contributed by atoms with Crippen molar-refractivity contribution < 1.29 is 46.6 Å². The Hall–Kier alpha value is -4.47. The summed E-state index contributed by atoms with van der Waals surface area (Å²) in [5, 5.41) is 11.3. The fraction of sp³-hybridized carbons (Fsp3) is 0.297. The minimum absolute atomic E-state index is 0.00895. The number of fused-ring (bicyclic) bond motifs is 1. The molecule has 0 bridgehead atoms. The van der Waals surface area contributed by atoms with Crippen molar-refractivity contribution in [1.82, 2.24) is 9.80 Å². The van der Waals surface area contributed by atoms with Crippen LogP contribution < -0.4 is 18.5 Å². The molecule has 0 saturated carbocycles. The first kappa shape index (κ1) is 37.3. The van der Waals surface area contributed by atoms with Gasteiger partial charge in [-0.25, -0.2) is 0 Å². The number of amides is 2. The van der Waals surface area contributed by atoms with Gasteiger partial charge in [0.15, 0.2) is 11.3 Å². The number of likely N-dealkylation sites (N-methyl/N-ethyl adjacent to an activating group) is 1. The zero-order valence-corrected chi connectivity index (χ0v) is 30.1. The number of methoxy groups -OCH3 is 2. The summed E-state index contributed by atoms with van der Waals surface area (Å²) in [4.78, 5) is 31.9. The molecule has 6 rings (SSSR count). The SMILES string of the molecule is COc1ccc([S+]([O-])N2C(=O)C(c3cc(Cc4ccccc4)ccc3OC)(N3C[C@H](O)C[C@H]3C(=O)N(C)C)c3cc(Cl)ccc32)c(OC(F)(F)F)c1. The number of β-amino-alcohol motifs (C(OH)–C–C–N with tert-alkyl or cyclic N) is 1. The summed E-state index contributed by atoms with van der Waals surface area (Å²) in [6.45, 7) is -0.181. The molecule has 4 aromatic carbocycles. The summed E-state index contributed by atoms with van der Waals surface area (Å²) in [6.07, 6.45) is -5.84. The number of anilines is 1. The van der Waals surface area contributed by atoms with Crippen molar-refractivity contribution in [3.8, 4) is 17.2 Å². The Morgan fingerprint density at radius 3 is 2.37 bits per heavy atom. The van der Waals surface area contributed by atoms with Crippen molar-refractivity contribution in [3.05, 3.63) is 112 Å². The van der Waals surface area contributed by atoms with E-state index in [0.717, 1.165) is 27.6 Å². The Balaban J connectivity index is 1.64. The predicted octanol–water partition coefficient (Wildman–Crippen LogP) is 5.68. The summed E-state index contributed by atoms with van der Waals surface area (Å²) in [5.74, 6) is -1.91. The Morgan fingerprint density at radius 1 is 0.981 bits per heavy atom. The van der Waals surface area contributed by atoms with Crippen molar-refractivity contribution in [2.45, 2.75) is 41.8 Å². The normalized spacial score (nSPS) is 20.8. The van der Waals surface area contributed by atoms with Gasteiger partial charge in [0.2, 0.25) is 10.8 Å². The third-order valence-corrected chi connectivity index (χ3v) is 10.8. The highest BCUT2D eigenvalue weighted by Gasteiger charge is 2.65. The molecule has 274 valence electrons. The fourth-order valence-corrected chi connectivity index (χ4v) is 8.41. The molecular formula is C37H35ClF3N3O7S. The maximum atomic E-state index is 15.6. The van der Waals surface area contributed by atoms with Gasteiger partial charge >= 0.3 is 6.36 Å². The first-order chi connectivity index (χ1) is 24.7. The van der Waals surface area contributed by atoms with E-state index >= 15 is 4.79 Å². The van der Waals surface area contributed by atoms with Crippen LogP contribution in [0.25, 0.3) is 0 Å². The molecule has 2 aliphatic heterocycles. The number of halogens is 4. The molecular weight excluding hydrogens is 723 g/mol. The maximum Gasteiger partial charge on any atom is 0.573 e. The lowest BCUT2D eigenvalue weighted by molar-refractivity contribution is -0.275. The second-order valence-corrected chi connectivity index (χ2v) is 14.3. The van der Waals surface area contributed by atoms with E-state index in [1.807, 2.05) is 36.4 Å². The zero-order chi connectivity index (χ0) is 37.5. The van der Waals surface area contributed by atoms with E-state index in [-0.39, 0.29) is 46.3 Å². The lowest BCUT2D eigenvalue weighted by Crippen LogP contribution is -2.59. The molecule has 1 saturated heterocycles. The number of carbonyl (C=O) groups excluding carboxylic acids is 2. The number of carbonyl (C=O) groups is 2. The molecule has 0 aliphatic carbocycles. The number of aliphatic hydroxyl groups is 1. The Labute approximate surface area is 306 Å². The smallest absolute Gasteiger partial charge is 0.573 e. The van der Waals surface area contributed by atoms with Crippen molar-refractivity contribution in [1.29, 1.82) is 0 Å². The number of hydrogen-bond donors (Lipinski definition) is 1. The highest BCUT2D eigenvalue weighted by Crippen LogP contribution is 2.55. The van der Waals surface area contributed by atoms with Gasteiger partial charge in [-0.1, -0.05) is 48.0 Å². The summed E-state index contributed by atoms with van der Waals surface area (Å²) in [5.41, 5.74) is 0.178. The number of hydrogen-bond acceptors (Lipinski definition) is 8. The summed E-state index contributed by atoms with van der Waals surface area (Å²) >= 11 is 3.94. The van der Waals surface area contributed by atoms with Crippen LogP contribution >= 0.6 is 11.6 Å². The van der Waals surface area contributed by atoms with E-state index in [1.165, 1.54) is 43.4 Å². The highest BCUT2D eigenvalue weighted by molar-refractivity contribution is 7.93. The van der Waals surface area contributed by atoms with Gasteiger partial charge in [-0.05, 0) is 60.4 Å². The minimum Gasteiger partial charge on any atom is -0.587 e. The minimum atomic E-state index is -5.17. The first-order valence-corrected chi connectivity index (χ1v) is 17.6. The molecule has 52 heavy (non-hydrogen) atoms. The molecule has 10 nitrogen and oxygen atoms in total. The first-order valence-electron chi connectivity index (χ1n) is 16.1. The van der Waals surface area contributed by atoms with E-state index < -0.39 is 57.9 Å². The van der Waals surface area contributed by atoms with Crippen LogP contribution in [0.5, 0.6) is 17.2 Å². The quantitative estimate of drug-likeness (QED) is 0.206. The van der Waals surface area contributed by atoms with E-state index in [0.29, 0.717) is 6.42 Å². The number of aliphatic hydroxyl groups excluding tert-OH is 1. The zero-order valence-electron chi connectivity index (χ0n) is 28.5. The molecule has 2 heterocycles. The van der Waals surface area contributed by atoms with Crippen LogP contribution in [-0.2, 0) is 32.9 Å². The number of ether oxygens (including phenoxy) is 3. The molecule has 0 radical (unpaired) electrons. The van der Waals surface area contributed by atoms with Gasteiger partial charge in [-0.2, -0.15) is 0 Å². The van der Waals surface area contributed by atoms with Crippen LogP contribution in [0.1, 0.15) is 28.7 Å².